The molecule has 8 nitrogen and oxygen atoms in total. The van der Waals surface area contributed by atoms with E-state index >= 15 is 4.39 Å². The maximum atomic E-state index is 15.7. The lowest BCUT2D eigenvalue weighted by Gasteiger charge is -2.37. The molecule has 10 heteroatoms. The molecule has 4 aromatic rings. The van der Waals surface area contributed by atoms with Crippen LogP contribution in [0.5, 0.6) is 0 Å². The summed E-state index contributed by atoms with van der Waals surface area (Å²) in [6, 6.07) is 17.6. The molecule has 0 atom stereocenters. The topological polar surface area (TPSA) is 81.1 Å². The number of hydrogen-bond acceptors (Lipinski definition) is 6. The van der Waals surface area contributed by atoms with Crippen LogP contribution in [0.25, 0.3) is 10.9 Å². The molecule has 3 aromatic carbocycles. The molecule has 1 saturated heterocycles. The van der Waals surface area contributed by atoms with Gasteiger partial charge in [-0.3, -0.25) is 4.79 Å². The van der Waals surface area contributed by atoms with E-state index in [1.54, 1.807) is 27.7 Å². The highest BCUT2D eigenvalue weighted by Crippen LogP contribution is 2.27. The minimum absolute atomic E-state index is 0.00362. The third kappa shape index (κ3) is 9.83. The summed E-state index contributed by atoms with van der Waals surface area (Å²) in [4.78, 5) is 42.7. The van der Waals surface area contributed by atoms with Crippen LogP contribution in [0.15, 0.2) is 71.7 Å². The molecule has 1 aromatic heterocycles. The molecule has 0 N–H and O–H groups in total. The van der Waals surface area contributed by atoms with Crippen molar-refractivity contribution < 1.29 is 23.5 Å². The Labute approximate surface area is 287 Å². The van der Waals surface area contributed by atoms with Crippen LogP contribution in [0.4, 0.5) is 14.9 Å². The molecule has 0 bridgehead atoms. The SMILES string of the molecule is CC(C)C.Cc1ccc(COC(=O)c2cn(Cc3ccc(Cl)cc3)c3cc(N4CCN(C(=O)OC(C)(C)C)CC4)c(F)cc3c2=O)cc1. The Bertz CT molecular complexity index is 1790. The molecule has 0 spiro atoms. The minimum atomic E-state index is -0.787. The average Bonchev–Trinajstić information content (AvgIpc) is 3.02. The molecule has 1 amide bonds. The molecule has 1 aliphatic rings. The number of aromatic nitrogens is 1. The van der Waals surface area contributed by atoms with Gasteiger partial charge < -0.3 is 23.8 Å². The van der Waals surface area contributed by atoms with Gasteiger partial charge in [0.25, 0.3) is 0 Å². The fourth-order valence-electron chi connectivity index (χ4n) is 5.07. The number of esters is 1. The second-order valence-corrected chi connectivity index (χ2v) is 14.1. The van der Waals surface area contributed by atoms with Crippen LogP contribution in [0.1, 0.15) is 68.6 Å². The zero-order valence-corrected chi connectivity index (χ0v) is 29.6. The number of fused-ring (bicyclic) bond motifs is 1. The van der Waals surface area contributed by atoms with Crippen LogP contribution in [0.3, 0.4) is 0 Å². The second kappa shape index (κ2) is 15.7. The third-order valence-corrected chi connectivity index (χ3v) is 7.65. The highest BCUT2D eigenvalue weighted by atomic mass is 35.5. The van der Waals surface area contributed by atoms with Crippen molar-refractivity contribution in [2.75, 3.05) is 31.1 Å². The Morgan fingerprint density at radius 3 is 2.08 bits per heavy atom. The van der Waals surface area contributed by atoms with Gasteiger partial charge in [0, 0.05) is 49.3 Å². The van der Waals surface area contributed by atoms with Gasteiger partial charge in [-0.2, -0.15) is 0 Å². The summed E-state index contributed by atoms with van der Waals surface area (Å²) in [5, 5.41) is 0.645. The molecule has 256 valence electrons. The van der Waals surface area contributed by atoms with E-state index in [2.05, 4.69) is 20.8 Å². The first-order valence-corrected chi connectivity index (χ1v) is 16.6. The lowest BCUT2D eigenvalue weighted by Crippen LogP contribution is -2.50. The zero-order chi connectivity index (χ0) is 35.2. The zero-order valence-electron chi connectivity index (χ0n) is 28.8. The molecule has 48 heavy (non-hydrogen) atoms. The maximum absolute atomic E-state index is 15.7. The number of anilines is 1. The number of piperazine rings is 1. The largest absolute Gasteiger partial charge is 0.457 e. The minimum Gasteiger partial charge on any atom is -0.457 e. The van der Waals surface area contributed by atoms with Crippen LogP contribution in [0.2, 0.25) is 5.02 Å². The van der Waals surface area contributed by atoms with Crippen molar-refractivity contribution in [3.8, 4) is 0 Å². The smallest absolute Gasteiger partial charge is 0.410 e. The molecule has 1 fully saturated rings. The van der Waals surface area contributed by atoms with Gasteiger partial charge in [0.2, 0.25) is 5.43 Å². The average molecular weight is 678 g/mol. The quantitative estimate of drug-likeness (QED) is 0.191. The first-order chi connectivity index (χ1) is 22.6. The summed E-state index contributed by atoms with van der Waals surface area (Å²) in [5.74, 6) is -0.548. The summed E-state index contributed by atoms with van der Waals surface area (Å²) < 4.78 is 28.4. The van der Waals surface area contributed by atoms with Crippen LogP contribution in [0, 0.1) is 18.7 Å². The number of rotatable bonds is 6. The van der Waals surface area contributed by atoms with E-state index < -0.39 is 28.9 Å². The van der Waals surface area contributed by atoms with Gasteiger partial charge in [-0.05, 0) is 69.0 Å². The Kier molecular flexibility index (Phi) is 11.9. The summed E-state index contributed by atoms with van der Waals surface area (Å²) in [7, 11) is 0. The number of pyridine rings is 1. The van der Waals surface area contributed by atoms with Gasteiger partial charge in [0.15, 0.2) is 0 Å². The fourth-order valence-corrected chi connectivity index (χ4v) is 5.20. The Balaban J connectivity index is 0.00000123. The molecule has 0 aliphatic carbocycles. The number of hydrogen-bond donors (Lipinski definition) is 0. The highest BCUT2D eigenvalue weighted by Gasteiger charge is 2.28. The van der Waals surface area contributed by atoms with Gasteiger partial charge in [-0.15, -0.1) is 0 Å². The fraction of sp³-hybridized carbons (Fsp3) is 0.395. The summed E-state index contributed by atoms with van der Waals surface area (Å²) in [6.07, 6.45) is 1.06. The molecular formula is C38H45ClFN3O5. The summed E-state index contributed by atoms with van der Waals surface area (Å²) in [6.45, 7) is 15.7. The number of halogens is 2. The van der Waals surface area contributed by atoms with Crippen molar-refractivity contribution in [3.63, 3.8) is 0 Å². The van der Waals surface area contributed by atoms with Crippen molar-refractivity contribution in [1.29, 1.82) is 0 Å². The molecule has 5 rings (SSSR count). The first-order valence-electron chi connectivity index (χ1n) is 16.2. The van der Waals surface area contributed by atoms with Crippen LogP contribution >= 0.6 is 11.6 Å². The monoisotopic (exact) mass is 677 g/mol. The van der Waals surface area contributed by atoms with Crippen molar-refractivity contribution in [2.24, 2.45) is 5.92 Å². The number of carbonyl (C=O) groups excluding carboxylic acids is 2. The molecule has 0 saturated carbocycles. The van der Waals surface area contributed by atoms with E-state index in [1.165, 1.54) is 12.3 Å². The number of aryl methyl sites for hydroxylation is 1. The normalized spacial score (nSPS) is 13.3. The molecule has 1 aliphatic heterocycles. The third-order valence-electron chi connectivity index (χ3n) is 7.40. The van der Waals surface area contributed by atoms with Gasteiger partial charge in [-0.1, -0.05) is 74.3 Å². The van der Waals surface area contributed by atoms with Gasteiger partial charge >= 0.3 is 12.1 Å². The van der Waals surface area contributed by atoms with E-state index in [0.717, 1.165) is 22.6 Å². The number of amides is 1. The predicted molar refractivity (Wildman–Crippen MR) is 190 cm³/mol. The standard InChI is InChI=1S/C34H35ClFN3O5.C4H10/c1-22-5-7-24(8-6-22)21-43-32(41)27-20-39(19-23-9-11-25(35)12-10-23)29-18-30(28(36)17-26(29)31(27)40)37-13-15-38(16-14-37)33(42)44-34(2,3)4;1-4(2)3/h5-12,17-18,20H,13-16,19,21H2,1-4H3;4H,1-3H3. The van der Waals surface area contributed by atoms with Crippen molar-refractivity contribution in [1.82, 2.24) is 9.47 Å². The lowest BCUT2D eigenvalue weighted by atomic mass is 10.1. The predicted octanol–water partition coefficient (Wildman–Crippen LogP) is 8.23. The van der Waals surface area contributed by atoms with Crippen molar-refractivity contribution in [3.05, 3.63) is 110 Å². The van der Waals surface area contributed by atoms with Crippen LogP contribution < -0.4 is 10.3 Å². The number of nitrogens with zero attached hydrogens (tertiary/aromatic N) is 3. The second-order valence-electron chi connectivity index (χ2n) is 13.7. The number of benzene rings is 3. The van der Waals surface area contributed by atoms with Crippen LogP contribution in [-0.2, 0) is 22.6 Å². The molecule has 2 heterocycles. The van der Waals surface area contributed by atoms with Gasteiger partial charge in [0.1, 0.15) is 23.6 Å². The van der Waals surface area contributed by atoms with Crippen molar-refractivity contribution in [2.45, 2.75) is 67.2 Å². The molecular weight excluding hydrogens is 633 g/mol. The van der Waals surface area contributed by atoms with E-state index in [4.69, 9.17) is 21.1 Å². The van der Waals surface area contributed by atoms with Crippen LogP contribution in [-0.4, -0.2) is 53.3 Å². The maximum Gasteiger partial charge on any atom is 0.410 e. The Hall–Kier alpha value is -4.37. The van der Waals surface area contributed by atoms with Crippen molar-refractivity contribution >= 4 is 40.3 Å². The van der Waals surface area contributed by atoms with E-state index in [9.17, 15) is 14.4 Å². The van der Waals surface area contributed by atoms with E-state index in [0.29, 0.717) is 49.0 Å². The first kappa shape index (κ1) is 36.5. The highest BCUT2D eigenvalue weighted by molar-refractivity contribution is 6.30. The number of ether oxygens (including phenoxy) is 2. The number of carbonyl (C=O) groups is 2. The summed E-state index contributed by atoms with van der Waals surface area (Å²) in [5.41, 5.74) is 2.09. The Morgan fingerprint density at radius 2 is 1.50 bits per heavy atom. The molecule has 0 unspecified atom stereocenters. The van der Waals surface area contributed by atoms with Gasteiger partial charge in [0.05, 0.1) is 11.2 Å². The Morgan fingerprint density at radius 1 is 0.917 bits per heavy atom. The van der Waals surface area contributed by atoms with Gasteiger partial charge in [-0.25, -0.2) is 14.0 Å². The molecule has 0 radical (unpaired) electrons. The summed E-state index contributed by atoms with van der Waals surface area (Å²) >= 11 is 6.09. The van der Waals surface area contributed by atoms with E-state index in [1.807, 2.05) is 69.0 Å². The lowest BCUT2D eigenvalue weighted by molar-refractivity contribution is 0.0240. The van der Waals surface area contributed by atoms with E-state index in [-0.39, 0.29) is 17.6 Å².